The van der Waals surface area contributed by atoms with E-state index in [0.29, 0.717) is 25.8 Å². The zero-order chi connectivity index (χ0) is 14.1. The van der Waals surface area contributed by atoms with Crippen molar-refractivity contribution in [3.63, 3.8) is 0 Å². The van der Waals surface area contributed by atoms with Crippen LogP contribution in [0.3, 0.4) is 0 Å². The number of rotatable bonds is 2. The molecular formula is C12H21NO5S. The summed E-state index contributed by atoms with van der Waals surface area (Å²) in [4.78, 5) is 13.2. The molecule has 0 amide bonds. The fourth-order valence-electron chi connectivity index (χ4n) is 2.96. The van der Waals surface area contributed by atoms with Gasteiger partial charge in [0.1, 0.15) is 9.84 Å². The zero-order valence-electron chi connectivity index (χ0n) is 10.9. The number of hydrogen-bond donors (Lipinski definition) is 2. The van der Waals surface area contributed by atoms with E-state index in [0.717, 1.165) is 6.54 Å². The maximum Gasteiger partial charge on any atom is 0.335 e. The predicted molar refractivity (Wildman–Crippen MR) is 69.7 cm³/mol. The third kappa shape index (κ3) is 3.46. The summed E-state index contributed by atoms with van der Waals surface area (Å²) in [6.07, 6.45) is 2.35. The van der Waals surface area contributed by atoms with Crippen molar-refractivity contribution in [3.8, 4) is 0 Å². The van der Waals surface area contributed by atoms with Crippen LogP contribution < -0.4 is 0 Å². The number of hydrogen-bond acceptors (Lipinski definition) is 5. The van der Waals surface area contributed by atoms with Crippen molar-refractivity contribution in [3.05, 3.63) is 0 Å². The first-order valence-electron chi connectivity index (χ1n) is 6.73. The fourth-order valence-corrected chi connectivity index (χ4v) is 4.43. The lowest BCUT2D eigenvalue weighted by atomic mass is 9.95. The molecule has 2 N–H and O–H groups in total. The van der Waals surface area contributed by atoms with Crippen molar-refractivity contribution in [1.29, 1.82) is 0 Å². The van der Waals surface area contributed by atoms with Crippen molar-refractivity contribution >= 4 is 15.8 Å². The average Bonchev–Trinajstić information content (AvgIpc) is 2.53. The molecule has 1 atom stereocenters. The van der Waals surface area contributed by atoms with Crippen LogP contribution in [0.2, 0.25) is 0 Å². The van der Waals surface area contributed by atoms with E-state index >= 15 is 0 Å². The van der Waals surface area contributed by atoms with Crippen LogP contribution in [0.5, 0.6) is 0 Å². The fraction of sp³-hybridized carbons (Fsp3) is 0.917. The molecule has 2 aliphatic heterocycles. The summed E-state index contributed by atoms with van der Waals surface area (Å²) in [7, 11) is -2.87. The molecule has 0 saturated carbocycles. The summed E-state index contributed by atoms with van der Waals surface area (Å²) in [5.74, 6) is -0.713. The Morgan fingerprint density at radius 1 is 1.16 bits per heavy atom. The van der Waals surface area contributed by atoms with Crippen molar-refractivity contribution in [2.75, 3.05) is 24.6 Å². The largest absolute Gasteiger partial charge is 0.479 e. The van der Waals surface area contributed by atoms with Gasteiger partial charge in [-0.2, -0.15) is 0 Å². The lowest BCUT2D eigenvalue weighted by Gasteiger charge is -2.33. The molecule has 0 aromatic carbocycles. The number of aliphatic carboxylic acids is 1. The second kappa shape index (κ2) is 5.38. The minimum Gasteiger partial charge on any atom is -0.479 e. The highest BCUT2D eigenvalue weighted by atomic mass is 32.2. The van der Waals surface area contributed by atoms with Crippen molar-refractivity contribution in [2.45, 2.75) is 43.7 Å². The molecule has 0 aromatic rings. The van der Waals surface area contributed by atoms with Crippen LogP contribution in [0.4, 0.5) is 0 Å². The van der Waals surface area contributed by atoms with Gasteiger partial charge in [0.2, 0.25) is 0 Å². The van der Waals surface area contributed by atoms with Gasteiger partial charge < -0.3 is 15.1 Å². The van der Waals surface area contributed by atoms with Gasteiger partial charge in [-0.25, -0.2) is 13.2 Å². The number of carboxylic acid groups (broad SMARTS) is 1. The van der Waals surface area contributed by atoms with Crippen LogP contribution in [-0.2, 0) is 14.6 Å². The lowest BCUT2D eigenvalue weighted by molar-refractivity contribution is -0.159. The second-order valence-electron chi connectivity index (χ2n) is 5.61. The highest BCUT2D eigenvalue weighted by Gasteiger charge is 2.39. The molecular weight excluding hydrogens is 270 g/mol. The number of carboxylic acids is 1. The highest BCUT2D eigenvalue weighted by molar-refractivity contribution is 7.91. The molecule has 2 saturated heterocycles. The highest BCUT2D eigenvalue weighted by Crippen LogP contribution is 2.26. The molecule has 0 bridgehead atoms. The Balaban J connectivity index is 1.95. The molecule has 0 aliphatic carbocycles. The van der Waals surface area contributed by atoms with E-state index in [-0.39, 0.29) is 30.4 Å². The first-order chi connectivity index (χ1) is 8.82. The minimum absolute atomic E-state index is 0.208. The second-order valence-corrected chi connectivity index (χ2v) is 7.91. The average molecular weight is 291 g/mol. The summed E-state index contributed by atoms with van der Waals surface area (Å²) in [6, 6.07) is 0.208. The Bertz CT molecular complexity index is 435. The molecule has 0 radical (unpaired) electrons. The Labute approximate surface area is 113 Å². The SMILES string of the molecule is O=C(O)C1(O)CCCN(C2CCS(=O)(=O)CC2)CC1. The van der Waals surface area contributed by atoms with Gasteiger partial charge in [-0.3, -0.25) is 0 Å². The molecule has 7 heteroatoms. The van der Waals surface area contributed by atoms with Crippen molar-refractivity contribution in [1.82, 2.24) is 4.90 Å². The molecule has 19 heavy (non-hydrogen) atoms. The van der Waals surface area contributed by atoms with E-state index < -0.39 is 21.4 Å². The maximum absolute atomic E-state index is 11.4. The Morgan fingerprint density at radius 2 is 1.79 bits per heavy atom. The van der Waals surface area contributed by atoms with Crippen LogP contribution in [0.25, 0.3) is 0 Å². The van der Waals surface area contributed by atoms with Gasteiger partial charge in [0.05, 0.1) is 11.5 Å². The van der Waals surface area contributed by atoms with E-state index in [1.807, 2.05) is 0 Å². The van der Waals surface area contributed by atoms with Gasteiger partial charge in [-0.1, -0.05) is 0 Å². The molecule has 0 aromatic heterocycles. The van der Waals surface area contributed by atoms with E-state index in [1.54, 1.807) is 0 Å². The van der Waals surface area contributed by atoms with Crippen molar-refractivity contribution in [2.24, 2.45) is 0 Å². The molecule has 2 rings (SSSR count). The summed E-state index contributed by atoms with van der Waals surface area (Å²) in [5.41, 5.74) is -1.62. The quantitative estimate of drug-likeness (QED) is 0.735. The van der Waals surface area contributed by atoms with E-state index in [4.69, 9.17) is 5.11 Å². The monoisotopic (exact) mass is 291 g/mol. The lowest BCUT2D eigenvalue weighted by Crippen LogP contribution is -2.43. The van der Waals surface area contributed by atoms with Crippen LogP contribution >= 0.6 is 0 Å². The summed E-state index contributed by atoms with van der Waals surface area (Å²) < 4.78 is 22.8. The maximum atomic E-state index is 11.4. The molecule has 110 valence electrons. The smallest absolute Gasteiger partial charge is 0.335 e. The van der Waals surface area contributed by atoms with Crippen LogP contribution in [0, 0.1) is 0 Å². The summed E-state index contributed by atoms with van der Waals surface area (Å²) >= 11 is 0. The number of aliphatic hydroxyl groups is 1. The number of carbonyl (C=O) groups is 1. The van der Waals surface area contributed by atoms with Gasteiger partial charge in [0.15, 0.2) is 5.60 Å². The molecule has 0 spiro atoms. The third-order valence-electron chi connectivity index (χ3n) is 4.29. The predicted octanol–water partition coefficient (Wildman–Crippen LogP) is -0.135. The van der Waals surface area contributed by atoms with Gasteiger partial charge in [0, 0.05) is 12.6 Å². The van der Waals surface area contributed by atoms with Crippen molar-refractivity contribution < 1.29 is 23.4 Å². The summed E-state index contributed by atoms with van der Waals surface area (Å²) in [5, 5.41) is 19.0. The first kappa shape index (κ1) is 14.7. The van der Waals surface area contributed by atoms with Gasteiger partial charge in [-0.15, -0.1) is 0 Å². The molecule has 2 heterocycles. The Hall–Kier alpha value is -0.660. The zero-order valence-corrected chi connectivity index (χ0v) is 11.7. The number of likely N-dealkylation sites (tertiary alicyclic amines) is 1. The number of sulfone groups is 1. The molecule has 2 aliphatic rings. The van der Waals surface area contributed by atoms with Gasteiger partial charge >= 0.3 is 5.97 Å². The van der Waals surface area contributed by atoms with Crippen LogP contribution in [0.1, 0.15) is 32.1 Å². The summed E-state index contributed by atoms with van der Waals surface area (Å²) in [6.45, 7) is 1.26. The molecule has 2 fully saturated rings. The van der Waals surface area contributed by atoms with E-state index in [9.17, 15) is 18.3 Å². The first-order valence-corrected chi connectivity index (χ1v) is 8.55. The topological polar surface area (TPSA) is 94.9 Å². The molecule has 6 nitrogen and oxygen atoms in total. The van der Waals surface area contributed by atoms with Gasteiger partial charge in [0.25, 0.3) is 0 Å². The van der Waals surface area contributed by atoms with Gasteiger partial charge in [-0.05, 0) is 38.6 Å². The normalized spacial score (nSPS) is 33.7. The van der Waals surface area contributed by atoms with E-state index in [1.165, 1.54) is 0 Å². The standard InChI is InChI=1S/C12H21NO5S/c14-11(15)12(16)4-1-6-13(7-5-12)10-2-8-19(17,18)9-3-10/h10,16H,1-9H2,(H,14,15). The Kier molecular flexibility index (Phi) is 4.17. The Morgan fingerprint density at radius 3 is 2.37 bits per heavy atom. The van der Waals surface area contributed by atoms with E-state index in [2.05, 4.69) is 4.90 Å². The molecule has 1 unspecified atom stereocenters. The third-order valence-corrected chi connectivity index (χ3v) is 6.00. The van der Waals surface area contributed by atoms with Crippen LogP contribution in [0.15, 0.2) is 0 Å². The minimum atomic E-state index is -2.87. The van der Waals surface area contributed by atoms with Crippen LogP contribution in [-0.4, -0.2) is 65.7 Å². The number of nitrogens with zero attached hydrogens (tertiary/aromatic N) is 1.